The van der Waals surface area contributed by atoms with E-state index in [1.54, 1.807) is 11.0 Å². The van der Waals surface area contributed by atoms with Crippen molar-refractivity contribution in [1.29, 1.82) is 0 Å². The molecule has 1 aromatic carbocycles. The smallest absolute Gasteiger partial charge is 0.257 e. The number of benzene rings is 1. The van der Waals surface area contributed by atoms with E-state index in [2.05, 4.69) is 4.98 Å². The summed E-state index contributed by atoms with van der Waals surface area (Å²) in [6.07, 6.45) is 0. The van der Waals surface area contributed by atoms with E-state index in [-0.39, 0.29) is 29.0 Å². The summed E-state index contributed by atoms with van der Waals surface area (Å²) < 4.78 is 32.9. The molecule has 28 heavy (non-hydrogen) atoms. The Morgan fingerprint density at radius 2 is 1.93 bits per heavy atom. The Hall–Kier alpha value is -1.59. The number of hydrogen-bond donors (Lipinski definition) is 0. The number of thioether (sulfide) groups is 1. The molecule has 0 radical (unpaired) electrons. The Morgan fingerprint density at radius 3 is 2.61 bits per heavy atom. The minimum atomic E-state index is -3.56. The molecule has 3 aromatic rings. The zero-order valence-corrected chi connectivity index (χ0v) is 17.8. The van der Waals surface area contributed by atoms with Gasteiger partial charge in [-0.25, -0.2) is 13.4 Å². The SMILES string of the molecule is O=C(CSc1nc2ccccc2o1)N1CCN(S(=O)(=O)c2ccc(Cl)s2)CC1. The number of rotatable bonds is 5. The second-order valence-corrected chi connectivity index (χ2v) is 10.9. The summed E-state index contributed by atoms with van der Waals surface area (Å²) in [4.78, 5) is 18.5. The first-order valence-corrected chi connectivity index (χ1v) is 12.1. The molecule has 11 heteroatoms. The fourth-order valence-electron chi connectivity index (χ4n) is 2.87. The van der Waals surface area contributed by atoms with E-state index >= 15 is 0 Å². The maximum Gasteiger partial charge on any atom is 0.257 e. The molecule has 0 bridgehead atoms. The van der Waals surface area contributed by atoms with Gasteiger partial charge >= 0.3 is 0 Å². The summed E-state index contributed by atoms with van der Waals surface area (Å²) in [6, 6.07) is 10.5. The van der Waals surface area contributed by atoms with Crippen molar-refractivity contribution in [3.8, 4) is 0 Å². The van der Waals surface area contributed by atoms with Gasteiger partial charge in [0.2, 0.25) is 5.91 Å². The standard InChI is InChI=1S/C17H16ClN3O4S3/c18-14-5-6-16(27-14)28(23,24)21-9-7-20(8-10-21)15(22)11-26-17-19-12-3-1-2-4-13(12)25-17/h1-6H,7-11H2. The fraction of sp³-hybridized carbons (Fsp3) is 0.294. The van der Waals surface area contributed by atoms with E-state index in [0.717, 1.165) is 16.9 Å². The van der Waals surface area contributed by atoms with Gasteiger partial charge in [-0.2, -0.15) is 4.31 Å². The molecule has 7 nitrogen and oxygen atoms in total. The van der Waals surface area contributed by atoms with E-state index in [0.29, 0.717) is 28.2 Å². The van der Waals surface area contributed by atoms with Gasteiger partial charge in [0.15, 0.2) is 5.58 Å². The van der Waals surface area contributed by atoms with Gasteiger partial charge in [-0.1, -0.05) is 35.5 Å². The van der Waals surface area contributed by atoms with Crippen molar-refractivity contribution < 1.29 is 17.6 Å². The number of sulfonamides is 1. The lowest BCUT2D eigenvalue weighted by Crippen LogP contribution is -2.50. The van der Waals surface area contributed by atoms with Crippen molar-refractivity contribution in [3.63, 3.8) is 0 Å². The highest BCUT2D eigenvalue weighted by Crippen LogP contribution is 2.29. The Morgan fingerprint density at radius 1 is 1.18 bits per heavy atom. The van der Waals surface area contributed by atoms with Gasteiger partial charge in [0.1, 0.15) is 9.73 Å². The minimum Gasteiger partial charge on any atom is -0.431 e. The second-order valence-electron chi connectivity index (χ2n) is 6.08. The lowest BCUT2D eigenvalue weighted by molar-refractivity contribution is -0.129. The summed E-state index contributed by atoms with van der Waals surface area (Å²) in [7, 11) is -3.56. The molecule has 2 aromatic heterocycles. The summed E-state index contributed by atoms with van der Waals surface area (Å²) in [5, 5.41) is 0.449. The summed E-state index contributed by atoms with van der Waals surface area (Å²) in [6.45, 7) is 1.23. The van der Waals surface area contributed by atoms with Gasteiger partial charge in [-0.3, -0.25) is 4.79 Å². The van der Waals surface area contributed by atoms with E-state index < -0.39 is 10.0 Å². The monoisotopic (exact) mass is 457 g/mol. The van der Waals surface area contributed by atoms with Crippen LogP contribution in [0.1, 0.15) is 0 Å². The molecule has 1 saturated heterocycles. The first kappa shape index (κ1) is 19.7. The highest BCUT2D eigenvalue weighted by Gasteiger charge is 2.31. The minimum absolute atomic E-state index is 0.0662. The largest absolute Gasteiger partial charge is 0.431 e. The van der Waals surface area contributed by atoms with Crippen LogP contribution in [-0.2, 0) is 14.8 Å². The van der Waals surface area contributed by atoms with E-state index in [4.69, 9.17) is 16.0 Å². The van der Waals surface area contributed by atoms with Crippen molar-refractivity contribution in [1.82, 2.24) is 14.2 Å². The Kier molecular flexibility index (Phi) is 5.66. The number of carbonyl (C=O) groups excluding carboxylic acids is 1. The average molecular weight is 458 g/mol. The quantitative estimate of drug-likeness (QED) is 0.547. The van der Waals surface area contributed by atoms with Crippen LogP contribution in [-0.4, -0.2) is 60.4 Å². The molecule has 0 N–H and O–H groups in total. The molecule has 1 amide bonds. The zero-order chi connectivity index (χ0) is 19.7. The van der Waals surface area contributed by atoms with Crippen molar-refractivity contribution in [2.24, 2.45) is 0 Å². The fourth-order valence-corrected chi connectivity index (χ4v) is 6.67. The third-order valence-corrected chi connectivity index (χ3v) is 8.74. The van der Waals surface area contributed by atoms with Gasteiger partial charge in [-0.15, -0.1) is 11.3 Å². The highest BCUT2D eigenvalue weighted by molar-refractivity contribution is 7.99. The Balaban J connectivity index is 1.32. The number of para-hydroxylation sites is 2. The van der Waals surface area contributed by atoms with Crippen LogP contribution < -0.4 is 0 Å². The number of amides is 1. The van der Waals surface area contributed by atoms with Gasteiger partial charge < -0.3 is 9.32 Å². The highest BCUT2D eigenvalue weighted by atomic mass is 35.5. The number of oxazole rings is 1. The molecule has 0 saturated carbocycles. The third-order valence-electron chi connectivity index (χ3n) is 4.33. The van der Waals surface area contributed by atoms with Gasteiger partial charge in [0.25, 0.3) is 15.2 Å². The van der Waals surface area contributed by atoms with E-state index in [1.165, 1.54) is 22.1 Å². The lowest BCUT2D eigenvalue weighted by Gasteiger charge is -2.33. The Labute approximate surface area is 175 Å². The summed E-state index contributed by atoms with van der Waals surface area (Å²) >= 11 is 8.13. The predicted molar refractivity (Wildman–Crippen MR) is 109 cm³/mol. The molecule has 0 atom stereocenters. The number of thiophene rings is 1. The van der Waals surface area contributed by atoms with Crippen LogP contribution >= 0.6 is 34.7 Å². The zero-order valence-electron chi connectivity index (χ0n) is 14.6. The molecule has 3 heterocycles. The first-order valence-electron chi connectivity index (χ1n) is 8.45. The molecule has 1 aliphatic rings. The number of carbonyl (C=O) groups is 1. The van der Waals surface area contributed by atoms with Crippen molar-refractivity contribution in [2.45, 2.75) is 9.43 Å². The van der Waals surface area contributed by atoms with Gasteiger partial charge in [0, 0.05) is 26.2 Å². The molecule has 0 unspecified atom stereocenters. The van der Waals surface area contributed by atoms with Crippen molar-refractivity contribution in [3.05, 3.63) is 40.7 Å². The number of nitrogens with zero attached hydrogens (tertiary/aromatic N) is 3. The van der Waals surface area contributed by atoms with Gasteiger partial charge in [-0.05, 0) is 24.3 Å². The Bertz CT molecular complexity index is 1070. The number of fused-ring (bicyclic) bond motifs is 1. The lowest BCUT2D eigenvalue weighted by atomic mass is 10.3. The van der Waals surface area contributed by atoms with Crippen LogP contribution in [0.2, 0.25) is 4.34 Å². The summed E-state index contributed by atoms with van der Waals surface area (Å²) in [5.74, 6) is 0.128. The third kappa shape index (κ3) is 4.06. The molecular weight excluding hydrogens is 442 g/mol. The van der Waals surface area contributed by atoms with Crippen LogP contribution in [0.3, 0.4) is 0 Å². The number of halogens is 1. The molecular formula is C17H16ClN3O4S3. The normalized spacial score (nSPS) is 16.0. The molecule has 1 fully saturated rings. The van der Waals surface area contributed by atoms with Crippen LogP contribution in [0.4, 0.5) is 0 Å². The molecule has 4 rings (SSSR count). The summed E-state index contributed by atoms with van der Waals surface area (Å²) in [5.41, 5.74) is 1.44. The maximum atomic E-state index is 12.6. The van der Waals surface area contributed by atoms with Crippen LogP contribution in [0.15, 0.2) is 50.2 Å². The van der Waals surface area contributed by atoms with Crippen molar-refractivity contribution in [2.75, 3.05) is 31.9 Å². The second kappa shape index (κ2) is 8.03. The van der Waals surface area contributed by atoms with Crippen molar-refractivity contribution >= 4 is 61.7 Å². The van der Waals surface area contributed by atoms with E-state index in [9.17, 15) is 13.2 Å². The van der Waals surface area contributed by atoms with Crippen LogP contribution in [0.25, 0.3) is 11.1 Å². The molecule has 148 valence electrons. The number of aromatic nitrogens is 1. The topological polar surface area (TPSA) is 83.7 Å². The first-order chi connectivity index (χ1) is 13.4. The average Bonchev–Trinajstić information content (AvgIpc) is 3.32. The van der Waals surface area contributed by atoms with Crippen LogP contribution in [0.5, 0.6) is 0 Å². The molecule has 1 aliphatic heterocycles. The maximum absolute atomic E-state index is 12.6. The van der Waals surface area contributed by atoms with Gasteiger partial charge in [0.05, 0.1) is 10.1 Å². The predicted octanol–water partition coefficient (Wildman–Crippen LogP) is 3.17. The molecule has 0 spiro atoms. The number of piperazine rings is 1. The molecule has 0 aliphatic carbocycles. The van der Waals surface area contributed by atoms with E-state index in [1.807, 2.05) is 24.3 Å². The van der Waals surface area contributed by atoms with Crippen LogP contribution in [0, 0.1) is 0 Å². The number of hydrogen-bond acceptors (Lipinski definition) is 7.